The van der Waals surface area contributed by atoms with Crippen molar-refractivity contribution in [3.8, 4) is 22.0 Å². The van der Waals surface area contributed by atoms with Crippen molar-refractivity contribution < 1.29 is 9.18 Å². The maximum atomic E-state index is 13.2. The second-order valence-electron chi connectivity index (χ2n) is 8.43. The SMILES string of the molecule is CCc1cc(-c2nc(-c3cc(C(=O)NCc4ccc(F)cc4)c(C)n3Cc3cccs3)cs2)ccn1. The zero-order chi connectivity index (χ0) is 25.1. The van der Waals surface area contributed by atoms with Crippen molar-refractivity contribution in [2.75, 3.05) is 0 Å². The molecule has 0 radical (unpaired) electrons. The number of aromatic nitrogens is 3. The van der Waals surface area contributed by atoms with Gasteiger partial charge in [0.1, 0.15) is 10.8 Å². The van der Waals surface area contributed by atoms with Crippen LogP contribution in [0.5, 0.6) is 0 Å². The Morgan fingerprint density at radius 3 is 2.69 bits per heavy atom. The normalized spacial score (nSPS) is 11.1. The molecule has 0 fully saturated rings. The Hall–Kier alpha value is -3.62. The molecule has 0 saturated carbocycles. The van der Waals surface area contributed by atoms with Gasteiger partial charge in [-0.3, -0.25) is 9.78 Å². The number of carbonyl (C=O) groups excluding carboxylic acids is 1. The summed E-state index contributed by atoms with van der Waals surface area (Å²) in [4.78, 5) is 23.7. The smallest absolute Gasteiger partial charge is 0.253 e. The molecule has 5 rings (SSSR count). The van der Waals surface area contributed by atoms with Crippen molar-refractivity contribution in [3.05, 3.63) is 105 Å². The Balaban J connectivity index is 1.47. The molecule has 182 valence electrons. The third-order valence-electron chi connectivity index (χ3n) is 6.06. The molecule has 0 unspecified atom stereocenters. The molecule has 8 heteroatoms. The summed E-state index contributed by atoms with van der Waals surface area (Å²) in [6, 6.07) is 16.3. The van der Waals surface area contributed by atoms with Gasteiger partial charge in [0.05, 0.1) is 23.5 Å². The van der Waals surface area contributed by atoms with Crippen LogP contribution < -0.4 is 5.32 Å². The van der Waals surface area contributed by atoms with Crippen LogP contribution in [0.2, 0.25) is 0 Å². The maximum Gasteiger partial charge on any atom is 0.253 e. The number of aryl methyl sites for hydroxylation is 1. The van der Waals surface area contributed by atoms with Crippen LogP contribution in [0.1, 0.15) is 39.1 Å². The van der Waals surface area contributed by atoms with E-state index in [0.717, 1.165) is 45.3 Å². The van der Waals surface area contributed by atoms with E-state index in [1.807, 2.05) is 36.7 Å². The fourth-order valence-corrected chi connectivity index (χ4v) is 5.56. The third-order valence-corrected chi connectivity index (χ3v) is 7.82. The predicted octanol–water partition coefficient (Wildman–Crippen LogP) is 6.72. The molecule has 0 aliphatic carbocycles. The van der Waals surface area contributed by atoms with Crippen LogP contribution in [-0.4, -0.2) is 20.4 Å². The van der Waals surface area contributed by atoms with Gasteiger partial charge in [0.15, 0.2) is 0 Å². The van der Waals surface area contributed by atoms with Crippen molar-refractivity contribution in [1.29, 1.82) is 0 Å². The van der Waals surface area contributed by atoms with Crippen molar-refractivity contribution in [2.24, 2.45) is 0 Å². The molecule has 5 aromatic rings. The minimum Gasteiger partial charge on any atom is -0.348 e. The molecule has 0 aliphatic heterocycles. The van der Waals surface area contributed by atoms with Crippen molar-refractivity contribution >= 4 is 28.6 Å². The number of thiophene rings is 1. The van der Waals surface area contributed by atoms with Gasteiger partial charge in [-0.2, -0.15) is 0 Å². The number of nitrogens with one attached hydrogen (secondary N) is 1. The number of nitrogens with zero attached hydrogens (tertiary/aromatic N) is 3. The number of rotatable bonds is 8. The summed E-state index contributed by atoms with van der Waals surface area (Å²) in [6.07, 6.45) is 2.69. The molecule has 0 aliphatic rings. The highest BCUT2D eigenvalue weighted by Crippen LogP contribution is 2.32. The van der Waals surface area contributed by atoms with Gasteiger partial charge in [-0.1, -0.05) is 25.1 Å². The molecule has 4 heterocycles. The number of amides is 1. The van der Waals surface area contributed by atoms with E-state index in [-0.39, 0.29) is 11.7 Å². The van der Waals surface area contributed by atoms with Crippen LogP contribution >= 0.6 is 22.7 Å². The lowest BCUT2D eigenvalue weighted by Crippen LogP contribution is -2.23. The minimum atomic E-state index is -0.295. The van der Waals surface area contributed by atoms with E-state index in [2.05, 4.69) is 39.3 Å². The zero-order valence-electron chi connectivity index (χ0n) is 20.0. The van der Waals surface area contributed by atoms with E-state index < -0.39 is 0 Å². The van der Waals surface area contributed by atoms with Gasteiger partial charge in [0, 0.05) is 40.0 Å². The fraction of sp³-hybridized carbons (Fsp3) is 0.179. The van der Waals surface area contributed by atoms with E-state index in [4.69, 9.17) is 4.98 Å². The molecule has 0 bridgehead atoms. The lowest BCUT2D eigenvalue weighted by atomic mass is 10.2. The van der Waals surface area contributed by atoms with E-state index >= 15 is 0 Å². The summed E-state index contributed by atoms with van der Waals surface area (Å²) >= 11 is 3.27. The van der Waals surface area contributed by atoms with Gasteiger partial charge in [-0.15, -0.1) is 22.7 Å². The van der Waals surface area contributed by atoms with Crippen LogP contribution in [0.15, 0.2) is 71.6 Å². The molecule has 0 atom stereocenters. The number of pyridine rings is 1. The first kappa shape index (κ1) is 24.1. The monoisotopic (exact) mass is 516 g/mol. The lowest BCUT2D eigenvalue weighted by Gasteiger charge is -2.10. The largest absolute Gasteiger partial charge is 0.348 e. The number of benzene rings is 1. The molecular formula is C28H25FN4OS2. The summed E-state index contributed by atoms with van der Waals surface area (Å²) in [5.41, 5.74) is 6.14. The van der Waals surface area contributed by atoms with Crippen LogP contribution in [0.25, 0.3) is 22.0 Å². The summed E-state index contributed by atoms with van der Waals surface area (Å²) in [5.74, 6) is -0.461. The maximum absolute atomic E-state index is 13.2. The van der Waals surface area contributed by atoms with Gasteiger partial charge < -0.3 is 9.88 Å². The molecule has 1 amide bonds. The topological polar surface area (TPSA) is 59.8 Å². The Labute approximate surface area is 217 Å². The highest BCUT2D eigenvalue weighted by Gasteiger charge is 2.21. The first-order valence-corrected chi connectivity index (χ1v) is 13.4. The predicted molar refractivity (Wildman–Crippen MR) is 144 cm³/mol. The molecule has 5 nitrogen and oxygen atoms in total. The Morgan fingerprint density at radius 1 is 1.11 bits per heavy atom. The van der Waals surface area contributed by atoms with Gasteiger partial charge in [-0.05, 0) is 60.7 Å². The second-order valence-corrected chi connectivity index (χ2v) is 10.3. The van der Waals surface area contributed by atoms with Gasteiger partial charge >= 0.3 is 0 Å². The lowest BCUT2D eigenvalue weighted by molar-refractivity contribution is 0.0950. The highest BCUT2D eigenvalue weighted by molar-refractivity contribution is 7.13. The summed E-state index contributed by atoms with van der Waals surface area (Å²) in [6.45, 7) is 5.04. The number of hydrogen-bond acceptors (Lipinski definition) is 5. The molecule has 0 saturated heterocycles. The van der Waals surface area contributed by atoms with Gasteiger partial charge in [0.2, 0.25) is 0 Å². The number of thiazole rings is 1. The Kier molecular flexibility index (Phi) is 7.06. The van der Waals surface area contributed by atoms with E-state index in [1.54, 1.807) is 34.8 Å². The quantitative estimate of drug-likeness (QED) is 0.249. The third kappa shape index (κ3) is 5.15. The van der Waals surface area contributed by atoms with E-state index in [1.165, 1.54) is 17.0 Å². The number of carbonyl (C=O) groups is 1. The molecule has 0 spiro atoms. The fourth-order valence-electron chi connectivity index (χ4n) is 4.06. The summed E-state index contributed by atoms with van der Waals surface area (Å²) < 4.78 is 15.4. The molecule has 1 N–H and O–H groups in total. The average Bonchev–Trinajstić information content (AvgIpc) is 3.65. The molecule has 1 aromatic carbocycles. The number of halogens is 1. The first-order valence-electron chi connectivity index (χ1n) is 11.7. The Morgan fingerprint density at radius 2 is 1.94 bits per heavy atom. The molecular weight excluding hydrogens is 491 g/mol. The average molecular weight is 517 g/mol. The van der Waals surface area contributed by atoms with Crippen LogP contribution in [0.4, 0.5) is 4.39 Å². The number of hydrogen-bond donors (Lipinski definition) is 1. The van der Waals surface area contributed by atoms with Crippen LogP contribution in [-0.2, 0) is 19.5 Å². The van der Waals surface area contributed by atoms with E-state index in [9.17, 15) is 9.18 Å². The van der Waals surface area contributed by atoms with Crippen molar-refractivity contribution in [2.45, 2.75) is 33.4 Å². The second kappa shape index (κ2) is 10.6. The van der Waals surface area contributed by atoms with Crippen LogP contribution in [0.3, 0.4) is 0 Å². The summed E-state index contributed by atoms with van der Waals surface area (Å²) in [5, 5.41) is 7.99. The molecule has 36 heavy (non-hydrogen) atoms. The first-order chi connectivity index (χ1) is 17.5. The van der Waals surface area contributed by atoms with Crippen LogP contribution in [0, 0.1) is 12.7 Å². The van der Waals surface area contributed by atoms with E-state index in [0.29, 0.717) is 18.7 Å². The standard InChI is InChI=1S/C28H25FN4OS2/c1-3-22-13-20(10-11-30-22)28-32-25(17-36-28)26-14-24(18(2)33(26)16-23-5-4-12-35-23)27(34)31-15-19-6-8-21(29)9-7-19/h4-14,17H,3,15-16H2,1-2H3,(H,31,34). The minimum absolute atomic E-state index is 0.167. The summed E-state index contributed by atoms with van der Waals surface area (Å²) in [7, 11) is 0. The van der Waals surface area contributed by atoms with Gasteiger partial charge in [-0.25, -0.2) is 9.37 Å². The highest BCUT2D eigenvalue weighted by atomic mass is 32.1. The van der Waals surface area contributed by atoms with Gasteiger partial charge in [0.25, 0.3) is 5.91 Å². The van der Waals surface area contributed by atoms with Crippen molar-refractivity contribution in [3.63, 3.8) is 0 Å². The molecule has 4 aromatic heterocycles. The Bertz CT molecular complexity index is 1490. The zero-order valence-corrected chi connectivity index (χ0v) is 21.6. The van der Waals surface area contributed by atoms with Crippen molar-refractivity contribution in [1.82, 2.24) is 19.9 Å².